The number of hydrogen-bond donors (Lipinski definition) is 1. The van der Waals surface area contributed by atoms with Crippen LogP contribution in [0.1, 0.15) is 36.4 Å². The molecule has 1 aliphatic rings. The van der Waals surface area contributed by atoms with Gasteiger partial charge in [-0.25, -0.2) is 4.39 Å². The smallest absolute Gasteiger partial charge is 0.128 e. The first-order valence-corrected chi connectivity index (χ1v) is 6.34. The summed E-state index contributed by atoms with van der Waals surface area (Å²) in [5.41, 5.74) is 1.62. The third-order valence-corrected chi connectivity index (χ3v) is 3.46. The second-order valence-corrected chi connectivity index (χ2v) is 4.54. The van der Waals surface area contributed by atoms with Crippen LogP contribution in [0.25, 0.3) is 0 Å². The van der Waals surface area contributed by atoms with Gasteiger partial charge in [0.25, 0.3) is 0 Å². The summed E-state index contributed by atoms with van der Waals surface area (Å²) in [5, 5.41) is 3.46. The molecule has 18 heavy (non-hydrogen) atoms. The van der Waals surface area contributed by atoms with E-state index in [-0.39, 0.29) is 6.04 Å². The molecule has 0 aliphatic carbocycles. The molecule has 3 nitrogen and oxygen atoms in total. The lowest BCUT2D eigenvalue weighted by Crippen LogP contribution is -2.27. The average Bonchev–Trinajstić information content (AvgIpc) is 2.46. The summed E-state index contributed by atoms with van der Waals surface area (Å²) in [7, 11) is 3.18. The second kappa shape index (κ2) is 6.05. The molecule has 4 heteroatoms. The molecule has 1 heterocycles. The quantitative estimate of drug-likeness (QED) is 0.894. The summed E-state index contributed by atoms with van der Waals surface area (Å²) in [6.45, 7) is 0.484. The number of halogens is 1. The second-order valence-electron chi connectivity index (χ2n) is 4.54. The molecule has 0 amide bonds. The normalized spacial score (nSPS) is 19.6. The van der Waals surface area contributed by atoms with Gasteiger partial charge in [0.1, 0.15) is 18.2 Å². The van der Waals surface area contributed by atoms with E-state index in [0.29, 0.717) is 11.3 Å². The molecule has 100 valence electrons. The molecular formula is C14H20FNO2. The number of benzene rings is 1. The van der Waals surface area contributed by atoms with Gasteiger partial charge in [-0.3, -0.25) is 0 Å². The van der Waals surface area contributed by atoms with E-state index in [9.17, 15) is 4.39 Å². The molecule has 1 N–H and O–H groups in total. The van der Waals surface area contributed by atoms with Crippen molar-refractivity contribution in [3.63, 3.8) is 0 Å². The van der Waals surface area contributed by atoms with Crippen molar-refractivity contribution < 1.29 is 13.9 Å². The van der Waals surface area contributed by atoms with Crippen LogP contribution in [0.2, 0.25) is 0 Å². The number of hydrogen-bond acceptors (Lipinski definition) is 3. The molecule has 1 saturated heterocycles. The Morgan fingerprint density at radius 1 is 1.22 bits per heavy atom. The predicted molar refractivity (Wildman–Crippen MR) is 69.0 cm³/mol. The molecule has 0 spiro atoms. The van der Waals surface area contributed by atoms with Crippen molar-refractivity contribution in [1.29, 1.82) is 0 Å². The van der Waals surface area contributed by atoms with Gasteiger partial charge < -0.3 is 14.8 Å². The molecule has 1 unspecified atom stereocenters. The molecule has 1 aromatic rings. The first kappa shape index (κ1) is 13.1. The topological polar surface area (TPSA) is 30.5 Å². The van der Waals surface area contributed by atoms with Crippen molar-refractivity contribution in [3.8, 4) is 11.5 Å². The lowest BCUT2D eigenvalue weighted by Gasteiger charge is -2.26. The predicted octanol–water partition coefficient (Wildman–Crippen LogP) is 2.99. The van der Waals surface area contributed by atoms with E-state index in [2.05, 4.69) is 5.32 Å². The van der Waals surface area contributed by atoms with E-state index < -0.39 is 6.67 Å². The number of rotatable bonds is 4. The Hall–Kier alpha value is -1.29. The molecule has 0 bridgehead atoms. The Morgan fingerprint density at radius 3 is 2.56 bits per heavy atom. The van der Waals surface area contributed by atoms with Gasteiger partial charge in [-0.05, 0) is 25.5 Å². The van der Waals surface area contributed by atoms with Crippen LogP contribution in [0.5, 0.6) is 11.5 Å². The Morgan fingerprint density at radius 2 is 2.00 bits per heavy atom. The monoisotopic (exact) mass is 253 g/mol. The Bertz CT molecular complexity index is 403. The van der Waals surface area contributed by atoms with Crippen LogP contribution in [-0.4, -0.2) is 20.8 Å². The van der Waals surface area contributed by atoms with Gasteiger partial charge in [0.05, 0.1) is 14.2 Å². The van der Waals surface area contributed by atoms with E-state index in [0.717, 1.165) is 24.3 Å². The van der Waals surface area contributed by atoms with Crippen LogP contribution in [-0.2, 0) is 6.67 Å². The maximum atomic E-state index is 13.0. The Balaban J connectivity index is 2.37. The van der Waals surface area contributed by atoms with Crippen LogP contribution >= 0.6 is 0 Å². The van der Waals surface area contributed by atoms with Crippen molar-refractivity contribution in [1.82, 2.24) is 5.32 Å². The molecule has 2 rings (SSSR count). The highest BCUT2D eigenvalue weighted by atomic mass is 19.1. The zero-order chi connectivity index (χ0) is 13.0. The van der Waals surface area contributed by atoms with E-state index in [1.54, 1.807) is 20.3 Å². The third kappa shape index (κ3) is 2.58. The van der Waals surface area contributed by atoms with E-state index >= 15 is 0 Å². The highest BCUT2D eigenvalue weighted by Crippen LogP contribution is 2.36. The highest BCUT2D eigenvalue weighted by Gasteiger charge is 2.20. The zero-order valence-corrected chi connectivity index (χ0v) is 11.0. The fourth-order valence-corrected chi connectivity index (χ4v) is 2.49. The number of nitrogens with one attached hydrogen (secondary N) is 1. The third-order valence-electron chi connectivity index (χ3n) is 3.46. The minimum Gasteiger partial charge on any atom is -0.496 e. The first-order chi connectivity index (χ1) is 8.80. The summed E-state index contributed by atoms with van der Waals surface area (Å²) < 4.78 is 23.6. The van der Waals surface area contributed by atoms with E-state index in [1.807, 2.05) is 6.07 Å². The van der Waals surface area contributed by atoms with Gasteiger partial charge in [0, 0.05) is 23.2 Å². The molecule has 0 saturated carbocycles. The fraction of sp³-hybridized carbons (Fsp3) is 0.571. The van der Waals surface area contributed by atoms with Gasteiger partial charge in [-0.1, -0.05) is 6.42 Å². The highest BCUT2D eigenvalue weighted by molar-refractivity contribution is 5.48. The lowest BCUT2D eigenvalue weighted by molar-refractivity contribution is 0.360. The van der Waals surface area contributed by atoms with Crippen LogP contribution in [0.4, 0.5) is 4.39 Å². The number of piperidine rings is 1. The standard InChI is InChI=1S/C14H20FNO2/c1-17-13-8-14(18-2)11(7-10(13)9-15)12-5-3-4-6-16-12/h7-8,12,16H,3-6,9H2,1-2H3. The minimum atomic E-state index is -0.521. The summed E-state index contributed by atoms with van der Waals surface area (Å²) >= 11 is 0. The molecule has 0 radical (unpaired) electrons. The van der Waals surface area contributed by atoms with Gasteiger partial charge in [0.15, 0.2) is 0 Å². The molecule has 1 fully saturated rings. The van der Waals surface area contributed by atoms with Crippen LogP contribution in [0, 0.1) is 0 Å². The van der Waals surface area contributed by atoms with Gasteiger partial charge in [-0.2, -0.15) is 0 Å². The molecule has 1 atom stereocenters. The molecular weight excluding hydrogens is 233 g/mol. The molecule has 1 aromatic carbocycles. The van der Waals surface area contributed by atoms with Crippen molar-refractivity contribution in [2.45, 2.75) is 32.0 Å². The first-order valence-electron chi connectivity index (χ1n) is 6.34. The van der Waals surface area contributed by atoms with E-state index in [4.69, 9.17) is 9.47 Å². The van der Waals surface area contributed by atoms with Crippen LogP contribution < -0.4 is 14.8 Å². The largest absolute Gasteiger partial charge is 0.496 e. The fourth-order valence-electron chi connectivity index (χ4n) is 2.49. The zero-order valence-electron chi connectivity index (χ0n) is 11.0. The summed E-state index contributed by atoms with van der Waals surface area (Å²) in [6.07, 6.45) is 3.46. The SMILES string of the molecule is COc1cc(OC)c(C2CCCCN2)cc1CF. The molecule has 1 aliphatic heterocycles. The van der Waals surface area contributed by atoms with Crippen molar-refractivity contribution in [2.75, 3.05) is 20.8 Å². The maximum Gasteiger partial charge on any atom is 0.128 e. The van der Waals surface area contributed by atoms with Crippen LogP contribution in [0.3, 0.4) is 0 Å². The summed E-state index contributed by atoms with van der Waals surface area (Å²) in [6, 6.07) is 3.89. The average molecular weight is 253 g/mol. The number of ether oxygens (including phenoxy) is 2. The van der Waals surface area contributed by atoms with Crippen molar-refractivity contribution in [3.05, 3.63) is 23.3 Å². The Kier molecular flexibility index (Phi) is 4.42. The summed E-state index contributed by atoms with van der Waals surface area (Å²) in [5.74, 6) is 1.32. The van der Waals surface area contributed by atoms with Gasteiger partial charge in [0.2, 0.25) is 0 Å². The maximum absolute atomic E-state index is 13.0. The van der Waals surface area contributed by atoms with Crippen molar-refractivity contribution in [2.24, 2.45) is 0 Å². The van der Waals surface area contributed by atoms with E-state index in [1.165, 1.54) is 12.8 Å². The molecule has 0 aromatic heterocycles. The Labute approximate surface area is 107 Å². The van der Waals surface area contributed by atoms with Gasteiger partial charge in [-0.15, -0.1) is 0 Å². The van der Waals surface area contributed by atoms with Crippen molar-refractivity contribution >= 4 is 0 Å². The number of alkyl halides is 1. The summed E-state index contributed by atoms with van der Waals surface area (Å²) in [4.78, 5) is 0. The van der Waals surface area contributed by atoms with Crippen LogP contribution in [0.15, 0.2) is 12.1 Å². The minimum absolute atomic E-state index is 0.255. The number of methoxy groups -OCH3 is 2. The van der Waals surface area contributed by atoms with Gasteiger partial charge >= 0.3 is 0 Å². The lowest BCUT2D eigenvalue weighted by atomic mass is 9.95.